The molecule has 0 aliphatic rings. The summed E-state index contributed by atoms with van der Waals surface area (Å²) in [5, 5.41) is 7.90. The lowest BCUT2D eigenvalue weighted by Gasteiger charge is -2.07. The van der Waals surface area contributed by atoms with Gasteiger partial charge in [-0.25, -0.2) is 4.79 Å². The minimum absolute atomic E-state index is 0.178. The van der Waals surface area contributed by atoms with Crippen molar-refractivity contribution < 1.29 is 9.59 Å². The van der Waals surface area contributed by atoms with Crippen molar-refractivity contribution in [3.8, 4) is 0 Å². The molecule has 3 N–H and O–H groups in total. The highest BCUT2D eigenvalue weighted by Crippen LogP contribution is 2.09. The molecule has 0 atom stereocenters. The maximum atomic E-state index is 11.6. The Morgan fingerprint density at radius 3 is 2.16 bits per heavy atom. The van der Waals surface area contributed by atoms with Crippen molar-refractivity contribution in [2.45, 2.75) is 0 Å². The largest absolute Gasteiger partial charge is 0.349 e. The number of benzene rings is 1. The first-order valence-corrected chi connectivity index (χ1v) is 5.82. The van der Waals surface area contributed by atoms with E-state index >= 15 is 0 Å². The van der Waals surface area contributed by atoms with Gasteiger partial charge in [0.05, 0.1) is 0 Å². The van der Waals surface area contributed by atoms with Crippen LogP contribution in [0.15, 0.2) is 49.6 Å². The predicted octanol–water partition coefficient (Wildman–Crippen LogP) is 1.91. The molecule has 5 heteroatoms. The van der Waals surface area contributed by atoms with Gasteiger partial charge >= 0.3 is 6.03 Å². The first-order valence-electron chi connectivity index (χ1n) is 5.82. The van der Waals surface area contributed by atoms with Crippen LogP contribution in [0.1, 0.15) is 10.4 Å². The van der Waals surface area contributed by atoms with E-state index in [1.54, 1.807) is 36.4 Å². The molecule has 100 valence electrons. The fraction of sp³-hybridized carbons (Fsp3) is 0.143. The van der Waals surface area contributed by atoms with E-state index in [1.165, 1.54) is 0 Å². The molecule has 0 saturated heterocycles. The average molecular weight is 259 g/mol. The van der Waals surface area contributed by atoms with E-state index in [0.29, 0.717) is 24.3 Å². The standard InChI is InChI=1S/C14H17N3O2/c1-3-9-15-13(18)11-5-7-12(8-6-11)17-14(19)16-10-4-2/h3-8H,1-2,9-10H2,(H,15,18)(H2,16,17,19). The van der Waals surface area contributed by atoms with Crippen LogP contribution in [0.4, 0.5) is 10.5 Å². The second-order valence-corrected chi connectivity index (χ2v) is 3.70. The molecule has 0 aliphatic carbocycles. The summed E-state index contributed by atoms with van der Waals surface area (Å²) in [5.41, 5.74) is 1.14. The topological polar surface area (TPSA) is 70.2 Å². The molecular formula is C14H17N3O2. The van der Waals surface area contributed by atoms with Crippen LogP contribution in [-0.4, -0.2) is 25.0 Å². The summed E-state index contributed by atoms with van der Waals surface area (Å²) in [4.78, 5) is 23.0. The Bertz CT molecular complexity index is 466. The van der Waals surface area contributed by atoms with E-state index in [1.807, 2.05) is 0 Å². The Morgan fingerprint density at radius 2 is 1.58 bits per heavy atom. The molecule has 5 nitrogen and oxygen atoms in total. The van der Waals surface area contributed by atoms with Gasteiger partial charge in [-0.15, -0.1) is 13.2 Å². The molecular weight excluding hydrogens is 242 g/mol. The average Bonchev–Trinajstić information content (AvgIpc) is 2.43. The molecule has 0 saturated carbocycles. The van der Waals surface area contributed by atoms with Gasteiger partial charge in [0, 0.05) is 24.3 Å². The molecule has 1 aromatic rings. The second-order valence-electron chi connectivity index (χ2n) is 3.70. The third kappa shape index (κ3) is 5.08. The second kappa shape index (κ2) is 7.71. The molecule has 0 aliphatic heterocycles. The molecule has 19 heavy (non-hydrogen) atoms. The zero-order valence-corrected chi connectivity index (χ0v) is 10.6. The Kier molecular flexibility index (Phi) is 5.88. The third-order valence-electron chi connectivity index (χ3n) is 2.22. The van der Waals surface area contributed by atoms with Gasteiger partial charge in [-0.3, -0.25) is 4.79 Å². The molecule has 0 radical (unpaired) electrons. The SMILES string of the molecule is C=CCNC(=O)Nc1ccc(C(=O)NCC=C)cc1. The molecule has 1 rings (SSSR count). The fourth-order valence-electron chi connectivity index (χ4n) is 1.31. The zero-order valence-electron chi connectivity index (χ0n) is 10.6. The number of urea groups is 1. The lowest BCUT2D eigenvalue weighted by atomic mass is 10.2. The summed E-state index contributed by atoms with van der Waals surface area (Å²) in [6.07, 6.45) is 3.20. The maximum Gasteiger partial charge on any atom is 0.319 e. The summed E-state index contributed by atoms with van der Waals surface area (Å²) < 4.78 is 0. The van der Waals surface area contributed by atoms with Gasteiger partial charge in [0.1, 0.15) is 0 Å². The Labute approximate surface area is 112 Å². The summed E-state index contributed by atoms with van der Waals surface area (Å²) in [5.74, 6) is -0.178. The van der Waals surface area contributed by atoms with Gasteiger partial charge in [0.2, 0.25) is 0 Å². The predicted molar refractivity (Wildman–Crippen MR) is 76.2 cm³/mol. The van der Waals surface area contributed by atoms with E-state index in [9.17, 15) is 9.59 Å². The van der Waals surface area contributed by atoms with Crippen molar-refractivity contribution in [3.05, 3.63) is 55.1 Å². The van der Waals surface area contributed by atoms with Crippen molar-refractivity contribution in [3.63, 3.8) is 0 Å². The number of anilines is 1. The van der Waals surface area contributed by atoms with E-state index < -0.39 is 0 Å². The highest BCUT2D eigenvalue weighted by molar-refractivity contribution is 5.95. The Balaban J connectivity index is 2.56. The molecule has 0 fully saturated rings. The normalized spacial score (nSPS) is 9.26. The molecule has 3 amide bonds. The number of carbonyl (C=O) groups is 2. The number of hydrogen-bond donors (Lipinski definition) is 3. The van der Waals surface area contributed by atoms with Gasteiger partial charge in [0.15, 0.2) is 0 Å². The summed E-state index contributed by atoms with van der Waals surface area (Å²) in [6, 6.07) is 6.29. The summed E-state index contributed by atoms with van der Waals surface area (Å²) in [7, 11) is 0. The summed E-state index contributed by atoms with van der Waals surface area (Å²) >= 11 is 0. The fourth-order valence-corrected chi connectivity index (χ4v) is 1.31. The molecule has 1 aromatic carbocycles. The van der Waals surface area contributed by atoms with Crippen molar-refractivity contribution in [1.82, 2.24) is 10.6 Å². The number of rotatable bonds is 6. The van der Waals surface area contributed by atoms with Crippen LogP contribution < -0.4 is 16.0 Å². The first-order chi connectivity index (χ1) is 9.17. The van der Waals surface area contributed by atoms with Gasteiger partial charge in [-0.2, -0.15) is 0 Å². The van der Waals surface area contributed by atoms with Crippen molar-refractivity contribution in [2.75, 3.05) is 18.4 Å². The first kappa shape index (κ1) is 14.5. The number of nitrogens with one attached hydrogen (secondary N) is 3. The lowest BCUT2D eigenvalue weighted by Crippen LogP contribution is -2.28. The quantitative estimate of drug-likeness (QED) is 0.683. The van der Waals surface area contributed by atoms with E-state index in [2.05, 4.69) is 29.1 Å². The molecule has 0 aromatic heterocycles. The Hall–Kier alpha value is -2.56. The van der Waals surface area contributed by atoms with Gasteiger partial charge < -0.3 is 16.0 Å². The van der Waals surface area contributed by atoms with Crippen LogP contribution in [-0.2, 0) is 0 Å². The highest BCUT2D eigenvalue weighted by atomic mass is 16.2. The van der Waals surface area contributed by atoms with Gasteiger partial charge in [-0.05, 0) is 24.3 Å². The molecule has 0 heterocycles. The third-order valence-corrected chi connectivity index (χ3v) is 2.22. The number of amides is 3. The number of hydrogen-bond acceptors (Lipinski definition) is 2. The van der Waals surface area contributed by atoms with Gasteiger partial charge in [0.25, 0.3) is 5.91 Å². The van der Waals surface area contributed by atoms with E-state index in [4.69, 9.17) is 0 Å². The van der Waals surface area contributed by atoms with Crippen LogP contribution in [0.3, 0.4) is 0 Å². The zero-order chi connectivity index (χ0) is 14.1. The number of carbonyl (C=O) groups excluding carboxylic acids is 2. The smallest absolute Gasteiger partial charge is 0.319 e. The van der Waals surface area contributed by atoms with Crippen molar-refractivity contribution >= 4 is 17.6 Å². The van der Waals surface area contributed by atoms with Crippen LogP contribution in [0.25, 0.3) is 0 Å². The van der Waals surface area contributed by atoms with E-state index in [0.717, 1.165) is 0 Å². The lowest BCUT2D eigenvalue weighted by molar-refractivity contribution is 0.0958. The minimum atomic E-state index is -0.316. The molecule has 0 unspecified atom stereocenters. The maximum absolute atomic E-state index is 11.6. The monoisotopic (exact) mass is 259 g/mol. The highest BCUT2D eigenvalue weighted by Gasteiger charge is 2.04. The molecule has 0 spiro atoms. The van der Waals surface area contributed by atoms with E-state index in [-0.39, 0.29) is 11.9 Å². The minimum Gasteiger partial charge on any atom is -0.349 e. The van der Waals surface area contributed by atoms with Crippen LogP contribution in [0, 0.1) is 0 Å². The van der Waals surface area contributed by atoms with Crippen LogP contribution in [0.2, 0.25) is 0 Å². The van der Waals surface area contributed by atoms with Crippen LogP contribution >= 0.6 is 0 Å². The Morgan fingerprint density at radius 1 is 1.00 bits per heavy atom. The molecule has 0 bridgehead atoms. The van der Waals surface area contributed by atoms with Gasteiger partial charge in [-0.1, -0.05) is 12.2 Å². The van der Waals surface area contributed by atoms with Crippen molar-refractivity contribution in [2.24, 2.45) is 0 Å². The van der Waals surface area contributed by atoms with Crippen LogP contribution in [0.5, 0.6) is 0 Å². The summed E-state index contributed by atoms with van der Waals surface area (Å²) in [6.45, 7) is 7.84. The van der Waals surface area contributed by atoms with Crippen molar-refractivity contribution in [1.29, 1.82) is 0 Å².